The highest BCUT2D eigenvalue weighted by atomic mass is 16.3. The normalized spacial score (nSPS) is 20.6. The van der Waals surface area contributed by atoms with Gasteiger partial charge in [-0.2, -0.15) is 0 Å². The van der Waals surface area contributed by atoms with E-state index in [-0.39, 0.29) is 30.3 Å². The van der Waals surface area contributed by atoms with Crippen molar-refractivity contribution in [2.75, 3.05) is 13.1 Å². The zero-order valence-corrected chi connectivity index (χ0v) is 12.8. The summed E-state index contributed by atoms with van der Waals surface area (Å²) in [6.45, 7) is 0.864. The molecule has 120 valence electrons. The highest BCUT2D eigenvalue weighted by Gasteiger charge is 2.25. The van der Waals surface area contributed by atoms with Gasteiger partial charge in [0, 0.05) is 25.4 Å². The van der Waals surface area contributed by atoms with Gasteiger partial charge in [-0.1, -0.05) is 36.8 Å². The van der Waals surface area contributed by atoms with Crippen LogP contribution >= 0.6 is 0 Å². The van der Waals surface area contributed by atoms with Gasteiger partial charge in [0.1, 0.15) is 0 Å². The van der Waals surface area contributed by atoms with Crippen molar-refractivity contribution >= 4 is 11.8 Å². The molecule has 3 N–H and O–H groups in total. The zero-order valence-electron chi connectivity index (χ0n) is 12.8. The Morgan fingerprint density at radius 2 is 1.86 bits per heavy atom. The fraction of sp³-hybridized carbons (Fsp3) is 0.529. The number of aliphatic hydroxyl groups is 1. The lowest BCUT2D eigenvalue weighted by Gasteiger charge is -2.15. The van der Waals surface area contributed by atoms with Crippen LogP contribution in [-0.4, -0.2) is 36.1 Å². The van der Waals surface area contributed by atoms with Crippen molar-refractivity contribution < 1.29 is 14.7 Å². The predicted octanol–water partition coefficient (Wildman–Crippen LogP) is 1.01. The van der Waals surface area contributed by atoms with E-state index in [9.17, 15) is 14.7 Å². The van der Waals surface area contributed by atoms with Crippen LogP contribution in [0.25, 0.3) is 0 Å². The van der Waals surface area contributed by atoms with Gasteiger partial charge < -0.3 is 15.7 Å². The van der Waals surface area contributed by atoms with Gasteiger partial charge >= 0.3 is 0 Å². The number of carbonyl (C=O) groups is 2. The molecule has 0 aromatic heterocycles. The van der Waals surface area contributed by atoms with Crippen molar-refractivity contribution in [1.82, 2.24) is 10.6 Å². The summed E-state index contributed by atoms with van der Waals surface area (Å²) >= 11 is 0. The van der Waals surface area contributed by atoms with Crippen molar-refractivity contribution in [1.29, 1.82) is 0 Å². The highest BCUT2D eigenvalue weighted by molar-refractivity contribution is 5.80. The molecule has 0 heterocycles. The van der Waals surface area contributed by atoms with Crippen LogP contribution in [0.2, 0.25) is 0 Å². The van der Waals surface area contributed by atoms with Crippen LogP contribution < -0.4 is 10.6 Å². The molecule has 0 radical (unpaired) electrons. The standard InChI is InChI=1S/C17H24N2O3/c20-15-8-4-7-14(15)12-19-16(21)9-10-18-17(22)11-13-5-2-1-3-6-13/h1-3,5-6,14-15,20H,4,7-12H2,(H,18,22)(H,19,21). The Hall–Kier alpha value is -1.88. The lowest BCUT2D eigenvalue weighted by molar-refractivity contribution is -0.122. The van der Waals surface area contributed by atoms with Crippen molar-refractivity contribution in [3.63, 3.8) is 0 Å². The van der Waals surface area contributed by atoms with E-state index in [1.54, 1.807) is 0 Å². The topological polar surface area (TPSA) is 78.4 Å². The number of rotatable bonds is 7. The first kappa shape index (κ1) is 16.5. The second kappa shape index (κ2) is 8.54. The van der Waals surface area contributed by atoms with Crippen molar-refractivity contribution in [3.8, 4) is 0 Å². The number of benzene rings is 1. The molecule has 5 nitrogen and oxygen atoms in total. The monoisotopic (exact) mass is 304 g/mol. The van der Waals surface area contributed by atoms with Crippen molar-refractivity contribution in [3.05, 3.63) is 35.9 Å². The van der Waals surface area contributed by atoms with Crippen LogP contribution in [0, 0.1) is 5.92 Å². The summed E-state index contributed by atoms with van der Waals surface area (Å²) in [5, 5.41) is 15.3. The fourth-order valence-corrected chi connectivity index (χ4v) is 2.75. The number of nitrogens with one attached hydrogen (secondary N) is 2. The number of hydrogen-bond acceptors (Lipinski definition) is 3. The average molecular weight is 304 g/mol. The summed E-state index contributed by atoms with van der Waals surface area (Å²) < 4.78 is 0. The number of aliphatic hydroxyl groups excluding tert-OH is 1. The zero-order chi connectivity index (χ0) is 15.8. The predicted molar refractivity (Wildman–Crippen MR) is 84.1 cm³/mol. The smallest absolute Gasteiger partial charge is 0.224 e. The summed E-state index contributed by atoms with van der Waals surface area (Å²) in [6.07, 6.45) is 3.13. The van der Waals surface area contributed by atoms with Crippen LogP contribution in [-0.2, 0) is 16.0 Å². The molecule has 2 atom stereocenters. The Labute approximate surface area is 131 Å². The molecule has 1 aliphatic rings. The van der Waals surface area contributed by atoms with Crippen molar-refractivity contribution in [2.24, 2.45) is 5.92 Å². The molecule has 1 aliphatic carbocycles. The molecule has 2 rings (SSSR count). The molecule has 1 aromatic carbocycles. The summed E-state index contributed by atoms with van der Waals surface area (Å²) in [6, 6.07) is 9.51. The third kappa shape index (κ3) is 5.48. The summed E-state index contributed by atoms with van der Waals surface area (Å²) in [5.74, 6) is 0.0148. The lowest BCUT2D eigenvalue weighted by Crippen LogP contribution is -2.35. The van der Waals surface area contributed by atoms with E-state index in [4.69, 9.17) is 0 Å². The maximum Gasteiger partial charge on any atom is 0.224 e. The molecule has 1 saturated carbocycles. The summed E-state index contributed by atoms with van der Waals surface area (Å²) in [5.41, 5.74) is 0.958. The molecule has 0 spiro atoms. The van der Waals surface area contributed by atoms with Gasteiger partial charge in [0.2, 0.25) is 11.8 Å². The van der Waals surface area contributed by atoms with Crippen LogP contribution in [0.3, 0.4) is 0 Å². The van der Waals surface area contributed by atoms with Gasteiger partial charge in [0.25, 0.3) is 0 Å². The van der Waals surface area contributed by atoms with Crippen LogP contribution in [0.5, 0.6) is 0 Å². The molecule has 0 aliphatic heterocycles. The molecule has 22 heavy (non-hydrogen) atoms. The first-order chi connectivity index (χ1) is 10.6. The molecule has 0 bridgehead atoms. The molecule has 1 aromatic rings. The van der Waals surface area contributed by atoms with Crippen molar-refractivity contribution in [2.45, 2.75) is 38.2 Å². The Kier molecular flexibility index (Phi) is 6.40. The van der Waals surface area contributed by atoms with Crippen LogP contribution in [0.1, 0.15) is 31.2 Å². The third-order valence-corrected chi connectivity index (χ3v) is 4.06. The Morgan fingerprint density at radius 3 is 2.55 bits per heavy atom. The molecular formula is C17H24N2O3. The van der Waals surface area contributed by atoms with Gasteiger partial charge in [0.15, 0.2) is 0 Å². The number of carbonyl (C=O) groups excluding carboxylic acids is 2. The maximum absolute atomic E-state index is 11.7. The largest absolute Gasteiger partial charge is 0.393 e. The van der Waals surface area contributed by atoms with E-state index < -0.39 is 0 Å². The first-order valence-corrected chi connectivity index (χ1v) is 7.90. The minimum absolute atomic E-state index is 0.0785. The average Bonchev–Trinajstić information content (AvgIpc) is 2.91. The Balaban J connectivity index is 1.57. The molecule has 2 amide bonds. The van der Waals surface area contributed by atoms with E-state index in [0.29, 0.717) is 19.5 Å². The quantitative estimate of drug-likeness (QED) is 0.703. The molecule has 0 saturated heterocycles. The van der Waals surface area contributed by atoms with Gasteiger partial charge in [-0.05, 0) is 18.4 Å². The molecule has 1 fully saturated rings. The first-order valence-electron chi connectivity index (χ1n) is 7.90. The third-order valence-electron chi connectivity index (χ3n) is 4.06. The second-order valence-electron chi connectivity index (χ2n) is 5.82. The molecule has 2 unspecified atom stereocenters. The summed E-state index contributed by atoms with van der Waals surface area (Å²) in [7, 11) is 0. The van der Waals surface area contributed by atoms with Crippen LogP contribution in [0.4, 0.5) is 0 Å². The fourth-order valence-electron chi connectivity index (χ4n) is 2.75. The van der Waals surface area contributed by atoms with E-state index in [0.717, 1.165) is 24.8 Å². The van der Waals surface area contributed by atoms with Gasteiger partial charge in [-0.3, -0.25) is 9.59 Å². The van der Waals surface area contributed by atoms with E-state index in [2.05, 4.69) is 10.6 Å². The van der Waals surface area contributed by atoms with Crippen LogP contribution in [0.15, 0.2) is 30.3 Å². The maximum atomic E-state index is 11.7. The number of amides is 2. The minimum Gasteiger partial charge on any atom is -0.393 e. The number of hydrogen-bond donors (Lipinski definition) is 3. The van der Waals surface area contributed by atoms with E-state index in [1.165, 1.54) is 0 Å². The molecular weight excluding hydrogens is 280 g/mol. The molecule has 5 heteroatoms. The summed E-state index contributed by atoms with van der Waals surface area (Å²) in [4.78, 5) is 23.4. The highest BCUT2D eigenvalue weighted by Crippen LogP contribution is 2.24. The van der Waals surface area contributed by atoms with E-state index in [1.807, 2.05) is 30.3 Å². The SMILES string of the molecule is O=C(CCNC(=O)Cc1ccccc1)NCC1CCCC1O. The van der Waals surface area contributed by atoms with Gasteiger partial charge in [0.05, 0.1) is 12.5 Å². The van der Waals surface area contributed by atoms with Gasteiger partial charge in [-0.25, -0.2) is 0 Å². The minimum atomic E-state index is -0.286. The Bertz CT molecular complexity index is 490. The lowest BCUT2D eigenvalue weighted by atomic mass is 10.1. The Morgan fingerprint density at radius 1 is 1.09 bits per heavy atom. The van der Waals surface area contributed by atoms with E-state index >= 15 is 0 Å². The second-order valence-corrected chi connectivity index (χ2v) is 5.82. The van der Waals surface area contributed by atoms with Gasteiger partial charge in [-0.15, -0.1) is 0 Å².